The van der Waals surface area contributed by atoms with Crippen molar-refractivity contribution in [3.63, 3.8) is 0 Å². The molecular weight excluding hydrogens is 537 g/mol. The second-order valence-electron chi connectivity index (χ2n) is 9.49. The molecule has 0 amide bonds. The van der Waals surface area contributed by atoms with Crippen LogP contribution in [0.15, 0.2) is 60.7 Å². The Hall–Kier alpha value is -3.75. The standard InChI is InChI=1S/C31H27F7O2/c1-2-13-39-24-11-10-21(26(32)17-24)6-3-19-5-12-25-23(14-19)9-8-22(29(25)35)7-4-20-15-27(33)30(28(34)16-20)40-18-31(36,37)38/h5,8-12,14-17H,2-4,6-7,13,18H2,1H3. The van der Waals surface area contributed by atoms with Gasteiger partial charge in [-0.15, -0.1) is 0 Å². The average molecular weight is 565 g/mol. The van der Waals surface area contributed by atoms with Gasteiger partial charge in [0.1, 0.15) is 17.4 Å². The van der Waals surface area contributed by atoms with Crippen LogP contribution in [0.1, 0.15) is 35.6 Å². The molecule has 0 saturated carbocycles. The summed E-state index contributed by atoms with van der Waals surface area (Å²) in [6.45, 7) is 0.669. The highest BCUT2D eigenvalue weighted by molar-refractivity contribution is 5.84. The van der Waals surface area contributed by atoms with Gasteiger partial charge in [0.2, 0.25) is 0 Å². The zero-order chi connectivity index (χ0) is 28.9. The SMILES string of the molecule is CCCOc1ccc(CCc2ccc3c(F)c(CCc4cc(F)c(OCC(F)(F)F)c(F)c4)ccc3c2)c(F)c1. The molecule has 2 nitrogen and oxygen atoms in total. The molecule has 0 fully saturated rings. The third-order valence-corrected chi connectivity index (χ3v) is 6.40. The summed E-state index contributed by atoms with van der Waals surface area (Å²) >= 11 is 0. The molecule has 0 saturated heterocycles. The fourth-order valence-electron chi connectivity index (χ4n) is 4.38. The van der Waals surface area contributed by atoms with Crippen LogP contribution in [-0.2, 0) is 25.7 Å². The van der Waals surface area contributed by atoms with Crippen LogP contribution in [0.4, 0.5) is 30.7 Å². The van der Waals surface area contributed by atoms with Crippen molar-refractivity contribution in [2.75, 3.05) is 13.2 Å². The molecule has 40 heavy (non-hydrogen) atoms. The number of benzene rings is 4. The predicted octanol–water partition coefficient (Wildman–Crippen LogP) is 8.70. The fourth-order valence-corrected chi connectivity index (χ4v) is 4.38. The summed E-state index contributed by atoms with van der Waals surface area (Å²) in [6.07, 6.45) is -2.73. The summed E-state index contributed by atoms with van der Waals surface area (Å²) in [7, 11) is 0. The number of halogens is 7. The highest BCUT2D eigenvalue weighted by Gasteiger charge is 2.30. The van der Waals surface area contributed by atoms with E-state index in [-0.39, 0.29) is 24.2 Å². The number of fused-ring (bicyclic) bond motifs is 1. The molecule has 0 N–H and O–H groups in total. The summed E-state index contributed by atoms with van der Waals surface area (Å²) in [5.41, 5.74) is 1.94. The fraction of sp³-hybridized carbons (Fsp3) is 0.290. The van der Waals surface area contributed by atoms with Gasteiger partial charge in [0.05, 0.1) is 6.61 Å². The predicted molar refractivity (Wildman–Crippen MR) is 139 cm³/mol. The Morgan fingerprint density at radius 3 is 2.00 bits per heavy atom. The smallest absolute Gasteiger partial charge is 0.422 e. The lowest BCUT2D eigenvalue weighted by molar-refractivity contribution is -0.154. The summed E-state index contributed by atoms with van der Waals surface area (Å²) in [6, 6.07) is 15.2. The topological polar surface area (TPSA) is 18.5 Å². The van der Waals surface area contributed by atoms with E-state index in [2.05, 4.69) is 4.74 Å². The van der Waals surface area contributed by atoms with E-state index in [4.69, 9.17) is 4.74 Å². The first-order chi connectivity index (χ1) is 19.0. The van der Waals surface area contributed by atoms with Crippen molar-refractivity contribution in [2.45, 2.75) is 45.2 Å². The van der Waals surface area contributed by atoms with E-state index in [0.717, 1.165) is 24.1 Å². The summed E-state index contributed by atoms with van der Waals surface area (Å²) in [5, 5.41) is 1.03. The van der Waals surface area contributed by atoms with Gasteiger partial charge in [-0.25, -0.2) is 17.6 Å². The van der Waals surface area contributed by atoms with Gasteiger partial charge in [-0.2, -0.15) is 13.2 Å². The molecule has 4 rings (SSSR count). The van der Waals surface area contributed by atoms with Gasteiger partial charge in [-0.3, -0.25) is 0 Å². The van der Waals surface area contributed by atoms with Crippen LogP contribution >= 0.6 is 0 Å². The van der Waals surface area contributed by atoms with Gasteiger partial charge in [0.15, 0.2) is 24.0 Å². The molecule has 0 aromatic heterocycles. The highest BCUT2D eigenvalue weighted by Crippen LogP contribution is 2.28. The Balaban J connectivity index is 1.41. The lowest BCUT2D eigenvalue weighted by Gasteiger charge is -2.12. The number of ether oxygens (including phenoxy) is 2. The van der Waals surface area contributed by atoms with Crippen molar-refractivity contribution < 1.29 is 40.2 Å². The van der Waals surface area contributed by atoms with Crippen LogP contribution in [0.2, 0.25) is 0 Å². The molecule has 0 spiro atoms. The molecule has 0 aliphatic carbocycles. The maximum absolute atomic E-state index is 15.2. The van der Waals surface area contributed by atoms with Crippen LogP contribution in [-0.4, -0.2) is 19.4 Å². The lowest BCUT2D eigenvalue weighted by atomic mass is 9.97. The minimum absolute atomic E-state index is 0.0573. The molecule has 0 unspecified atom stereocenters. The number of hydrogen-bond donors (Lipinski definition) is 0. The van der Waals surface area contributed by atoms with Gasteiger partial charge < -0.3 is 9.47 Å². The first-order valence-electron chi connectivity index (χ1n) is 12.8. The summed E-state index contributed by atoms with van der Waals surface area (Å²) < 4.78 is 105. The van der Waals surface area contributed by atoms with Crippen LogP contribution < -0.4 is 9.47 Å². The van der Waals surface area contributed by atoms with Crippen LogP contribution in [0.3, 0.4) is 0 Å². The minimum atomic E-state index is -4.74. The summed E-state index contributed by atoms with van der Waals surface area (Å²) in [5.74, 6) is -3.94. The molecule has 4 aromatic carbocycles. The van der Waals surface area contributed by atoms with Crippen molar-refractivity contribution in [1.29, 1.82) is 0 Å². The van der Waals surface area contributed by atoms with Crippen molar-refractivity contribution in [1.82, 2.24) is 0 Å². The number of rotatable bonds is 11. The average Bonchev–Trinajstić information content (AvgIpc) is 2.90. The molecule has 0 aliphatic heterocycles. The zero-order valence-electron chi connectivity index (χ0n) is 21.7. The molecule has 212 valence electrons. The first-order valence-corrected chi connectivity index (χ1v) is 12.8. The Bertz CT molecular complexity index is 1460. The third kappa shape index (κ3) is 7.46. The number of alkyl halides is 3. The highest BCUT2D eigenvalue weighted by atomic mass is 19.4. The van der Waals surface area contributed by atoms with E-state index in [0.29, 0.717) is 47.1 Å². The van der Waals surface area contributed by atoms with E-state index >= 15 is 4.39 Å². The largest absolute Gasteiger partial charge is 0.494 e. The van der Waals surface area contributed by atoms with Gasteiger partial charge in [0.25, 0.3) is 0 Å². The van der Waals surface area contributed by atoms with E-state index in [1.54, 1.807) is 36.4 Å². The molecule has 9 heteroatoms. The molecule has 0 aliphatic rings. The van der Waals surface area contributed by atoms with Gasteiger partial charge in [-0.05, 0) is 77.9 Å². The second kappa shape index (κ2) is 12.6. The number of hydrogen-bond acceptors (Lipinski definition) is 2. The Labute approximate surface area is 227 Å². The van der Waals surface area contributed by atoms with E-state index in [1.165, 1.54) is 6.07 Å². The second-order valence-corrected chi connectivity index (χ2v) is 9.49. The maximum atomic E-state index is 15.2. The van der Waals surface area contributed by atoms with Gasteiger partial charge in [0, 0.05) is 11.5 Å². The van der Waals surface area contributed by atoms with Crippen molar-refractivity contribution in [2.24, 2.45) is 0 Å². The van der Waals surface area contributed by atoms with Gasteiger partial charge in [-0.1, -0.05) is 43.3 Å². The number of aryl methyl sites for hydroxylation is 4. The van der Waals surface area contributed by atoms with Crippen LogP contribution in [0.5, 0.6) is 11.5 Å². The molecule has 0 atom stereocenters. The van der Waals surface area contributed by atoms with Crippen LogP contribution in [0, 0.1) is 23.3 Å². The van der Waals surface area contributed by atoms with E-state index < -0.39 is 36.0 Å². The third-order valence-electron chi connectivity index (χ3n) is 6.40. The zero-order valence-corrected chi connectivity index (χ0v) is 21.7. The normalized spacial score (nSPS) is 11.7. The molecule has 0 radical (unpaired) electrons. The van der Waals surface area contributed by atoms with Crippen LogP contribution in [0.25, 0.3) is 10.8 Å². The quantitative estimate of drug-likeness (QED) is 0.170. The van der Waals surface area contributed by atoms with E-state index in [9.17, 15) is 26.3 Å². The van der Waals surface area contributed by atoms with E-state index in [1.807, 2.05) is 13.0 Å². The van der Waals surface area contributed by atoms with Crippen molar-refractivity contribution in [3.8, 4) is 11.5 Å². The monoisotopic (exact) mass is 564 g/mol. The molecular formula is C31H27F7O2. The molecule has 0 heterocycles. The van der Waals surface area contributed by atoms with Gasteiger partial charge >= 0.3 is 6.18 Å². The van der Waals surface area contributed by atoms with Crippen molar-refractivity contribution in [3.05, 3.63) is 106 Å². The lowest BCUT2D eigenvalue weighted by Crippen LogP contribution is -2.20. The molecule has 4 aromatic rings. The Kier molecular flexibility index (Phi) is 9.22. The molecule has 0 bridgehead atoms. The Morgan fingerprint density at radius 2 is 1.32 bits per heavy atom. The Morgan fingerprint density at radius 1 is 0.650 bits per heavy atom. The summed E-state index contributed by atoms with van der Waals surface area (Å²) in [4.78, 5) is 0. The first kappa shape index (κ1) is 29.2. The minimum Gasteiger partial charge on any atom is -0.494 e. The maximum Gasteiger partial charge on any atom is 0.422 e. The van der Waals surface area contributed by atoms with Crippen molar-refractivity contribution >= 4 is 10.8 Å².